The maximum absolute atomic E-state index is 15.0. The number of nitrogens with one attached hydrogen (secondary N) is 3. The molecule has 0 bridgehead atoms. The first-order chi connectivity index (χ1) is 26.2. The molecule has 14 nitrogen and oxygen atoms in total. The molecule has 2 aromatic carbocycles. The number of nitrogens with zero attached hydrogens (tertiary/aromatic N) is 2. The molecule has 3 aromatic rings. The van der Waals surface area contributed by atoms with Crippen molar-refractivity contribution in [3.05, 3.63) is 83.7 Å². The molecular weight excluding hydrogens is 730 g/mol. The highest BCUT2D eigenvalue weighted by molar-refractivity contribution is 5.86. The second-order valence-electron chi connectivity index (χ2n) is 15.5. The summed E-state index contributed by atoms with van der Waals surface area (Å²) in [6.07, 6.45) is 0.182. The molecule has 0 saturated heterocycles. The standard InChI is InChI=1S/C40H54F2N6O8/c1-39(2,3)35(32-20-26(28-21-27(41)12-13-29(28)42)23-47(32)22-25-10-8-7-9-11-25)48(33(50)24-49)19-16-30(43)36(53)44-17-18-45-37(54)31(14-15-34(51)52)46-38(55)56-40(4,5)6/h7-13,20-21,23,30-31,35,49H,14-19,22,24,43H2,1-6H3,(H,44,53)(H,45,54)(H,46,55)(H,51,52)/t30-,31+,35-/m0/s1. The van der Waals surface area contributed by atoms with Gasteiger partial charge in [0.1, 0.15) is 29.9 Å². The van der Waals surface area contributed by atoms with E-state index in [1.54, 1.807) is 33.0 Å². The van der Waals surface area contributed by atoms with Gasteiger partial charge in [0, 0.05) is 55.6 Å². The van der Waals surface area contributed by atoms with Gasteiger partial charge in [0.25, 0.3) is 0 Å². The van der Waals surface area contributed by atoms with Crippen LogP contribution in [0.25, 0.3) is 11.1 Å². The zero-order valence-electron chi connectivity index (χ0n) is 32.7. The lowest BCUT2D eigenvalue weighted by atomic mass is 9.82. The average Bonchev–Trinajstić information content (AvgIpc) is 3.51. The summed E-state index contributed by atoms with van der Waals surface area (Å²) in [5, 5.41) is 26.7. The van der Waals surface area contributed by atoms with Crippen LogP contribution in [0.15, 0.2) is 60.8 Å². The van der Waals surface area contributed by atoms with Crippen molar-refractivity contribution in [2.75, 3.05) is 26.2 Å². The van der Waals surface area contributed by atoms with Gasteiger partial charge in [-0.2, -0.15) is 0 Å². The quantitative estimate of drug-likeness (QED) is 0.103. The Morgan fingerprint density at radius 1 is 0.911 bits per heavy atom. The number of carboxylic acids is 1. The fraction of sp³-hybridized carbons (Fsp3) is 0.475. The predicted molar refractivity (Wildman–Crippen MR) is 205 cm³/mol. The number of nitrogens with two attached hydrogens (primary N) is 1. The van der Waals surface area contributed by atoms with Crippen LogP contribution in [0.5, 0.6) is 0 Å². The summed E-state index contributed by atoms with van der Waals surface area (Å²) in [6, 6.07) is 11.3. The number of aliphatic hydroxyl groups excluding tert-OH is 1. The Morgan fingerprint density at radius 3 is 2.14 bits per heavy atom. The number of carboxylic acid groups (broad SMARTS) is 1. The molecule has 56 heavy (non-hydrogen) atoms. The van der Waals surface area contributed by atoms with Crippen LogP contribution in [0.3, 0.4) is 0 Å². The lowest BCUT2D eigenvalue weighted by Crippen LogP contribution is -2.50. The Balaban J connectivity index is 1.76. The van der Waals surface area contributed by atoms with Gasteiger partial charge in [-0.25, -0.2) is 13.6 Å². The number of rotatable bonds is 18. The smallest absolute Gasteiger partial charge is 0.408 e. The Bertz CT molecular complexity index is 1820. The molecule has 0 aliphatic carbocycles. The van der Waals surface area contributed by atoms with E-state index in [0.717, 1.165) is 23.8 Å². The number of hydrogen-bond donors (Lipinski definition) is 6. The molecule has 0 aliphatic heterocycles. The van der Waals surface area contributed by atoms with Crippen LogP contribution < -0.4 is 21.7 Å². The normalized spacial score (nSPS) is 13.2. The van der Waals surface area contributed by atoms with Gasteiger partial charge in [-0.05, 0) is 68.9 Å². The Kier molecular flexibility index (Phi) is 16.1. The minimum absolute atomic E-state index is 0.0294. The third-order valence-electron chi connectivity index (χ3n) is 8.63. The zero-order chi connectivity index (χ0) is 41.8. The lowest BCUT2D eigenvalue weighted by molar-refractivity contribution is -0.140. The third kappa shape index (κ3) is 13.7. The number of benzene rings is 2. The number of amides is 4. The van der Waals surface area contributed by atoms with Gasteiger partial charge < -0.3 is 46.1 Å². The number of halogens is 2. The van der Waals surface area contributed by atoms with Crippen LogP contribution in [0.2, 0.25) is 0 Å². The van der Waals surface area contributed by atoms with Crippen LogP contribution in [0.4, 0.5) is 13.6 Å². The Morgan fingerprint density at radius 2 is 1.55 bits per heavy atom. The van der Waals surface area contributed by atoms with Crippen molar-refractivity contribution in [2.24, 2.45) is 11.1 Å². The van der Waals surface area contributed by atoms with Gasteiger partial charge in [-0.1, -0.05) is 51.1 Å². The Labute approximate surface area is 325 Å². The van der Waals surface area contributed by atoms with Crippen molar-refractivity contribution in [3.63, 3.8) is 0 Å². The van der Waals surface area contributed by atoms with Crippen molar-refractivity contribution in [2.45, 2.75) is 91.1 Å². The summed E-state index contributed by atoms with van der Waals surface area (Å²) in [4.78, 5) is 64.1. The molecule has 0 radical (unpaired) electrons. The molecule has 4 amide bonds. The molecule has 0 fully saturated rings. The highest BCUT2D eigenvalue weighted by atomic mass is 19.1. The van der Waals surface area contributed by atoms with Gasteiger partial charge >= 0.3 is 12.1 Å². The predicted octanol–water partition coefficient (Wildman–Crippen LogP) is 4.10. The fourth-order valence-corrected chi connectivity index (χ4v) is 6.12. The Hall–Kier alpha value is -5.35. The molecule has 7 N–H and O–H groups in total. The highest BCUT2D eigenvalue weighted by Crippen LogP contribution is 2.41. The van der Waals surface area contributed by atoms with Gasteiger partial charge in [0.05, 0.1) is 12.1 Å². The van der Waals surface area contributed by atoms with Crippen molar-refractivity contribution in [1.29, 1.82) is 0 Å². The van der Waals surface area contributed by atoms with Crippen LogP contribution in [-0.4, -0.2) is 93.4 Å². The summed E-state index contributed by atoms with van der Waals surface area (Å²) < 4.78 is 36.4. The number of aliphatic hydroxyl groups is 1. The zero-order valence-corrected chi connectivity index (χ0v) is 32.7. The van der Waals surface area contributed by atoms with E-state index in [0.29, 0.717) is 17.8 Å². The first kappa shape index (κ1) is 45.0. The number of carbonyl (C=O) groups excluding carboxylic acids is 4. The van der Waals surface area contributed by atoms with Crippen molar-refractivity contribution in [3.8, 4) is 11.1 Å². The highest BCUT2D eigenvalue weighted by Gasteiger charge is 2.37. The van der Waals surface area contributed by atoms with Crippen molar-refractivity contribution < 1.29 is 47.7 Å². The molecule has 3 atom stereocenters. The minimum atomic E-state index is -1.21. The summed E-state index contributed by atoms with van der Waals surface area (Å²) >= 11 is 0. The molecule has 0 unspecified atom stereocenters. The number of carbonyl (C=O) groups is 5. The average molecular weight is 785 g/mol. The molecule has 1 aromatic heterocycles. The SMILES string of the molecule is CC(C)(C)OC(=O)N[C@H](CCC(=O)O)C(=O)NCCNC(=O)[C@@H](N)CCN(C(=O)CO)[C@@H](c1cc(-c2cc(F)ccc2F)cn1Cc1ccccc1)C(C)(C)C. The van der Waals surface area contributed by atoms with Gasteiger partial charge in [0.15, 0.2) is 0 Å². The van der Waals surface area contributed by atoms with E-state index >= 15 is 4.39 Å². The molecule has 0 spiro atoms. The summed E-state index contributed by atoms with van der Waals surface area (Å²) in [5.41, 5.74) is 6.65. The van der Waals surface area contributed by atoms with Gasteiger partial charge in [-0.15, -0.1) is 0 Å². The fourth-order valence-electron chi connectivity index (χ4n) is 6.12. The maximum Gasteiger partial charge on any atom is 0.408 e. The first-order valence-corrected chi connectivity index (χ1v) is 18.3. The number of aromatic nitrogens is 1. The van der Waals surface area contributed by atoms with Crippen LogP contribution in [-0.2, 0) is 30.5 Å². The third-order valence-corrected chi connectivity index (χ3v) is 8.63. The number of alkyl carbamates (subject to hydrolysis) is 1. The largest absolute Gasteiger partial charge is 0.481 e. The van der Waals surface area contributed by atoms with Gasteiger partial charge in [-0.3, -0.25) is 19.2 Å². The van der Waals surface area contributed by atoms with Gasteiger partial charge in [0.2, 0.25) is 17.7 Å². The van der Waals surface area contributed by atoms with Crippen LogP contribution >= 0.6 is 0 Å². The second kappa shape index (κ2) is 20.0. The molecule has 0 saturated carbocycles. The molecular formula is C40H54F2N6O8. The molecule has 306 valence electrons. The molecule has 1 heterocycles. The number of ether oxygens (including phenoxy) is 1. The van der Waals surface area contributed by atoms with Crippen LogP contribution in [0.1, 0.15) is 78.1 Å². The van der Waals surface area contributed by atoms with E-state index in [4.69, 9.17) is 15.6 Å². The van der Waals surface area contributed by atoms with E-state index in [-0.39, 0.29) is 38.0 Å². The molecule has 16 heteroatoms. The van der Waals surface area contributed by atoms with E-state index in [2.05, 4.69) is 16.0 Å². The summed E-state index contributed by atoms with van der Waals surface area (Å²) in [6.45, 7) is 9.89. The topological polar surface area (TPSA) is 205 Å². The van der Waals surface area contributed by atoms with Crippen LogP contribution in [0, 0.1) is 17.0 Å². The van der Waals surface area contributed by atoms with Crippen molar-refractivity contribution in [1.82, 2.24) is 25.4 Å². The summed E-state index contributed by atoms with van der Waals surface area (Å²) in [5.74, 6) is -4.31. The lowest BCUT2D eigenvalue weighted by Gasteiger charge is -2.41. The molecule has 0 aliphatic rings. The van der Waals surface area contributed by atoms with E-state index in [1.807, 2.05) is 55.7 Å². The number of hydrogen-bond acceptors (Lipinski definition) is 8. The second-order valence-corrected chi connectivity index (χ2v) is 15.5. The van der Waals surface area contributed by atoms with E-state index in [1.165, 1.54) is 4.90 Å². The van der Waals surface area contributed by atoms with E-state index < -0.39 is 83.6 Å². The first-order valence-electron chi connectivity index (χ1n) is 18.3. The van der Waals surface area contributed by atoms with Crippen molar-refractivity contribution >= 4 is 29.8 Å². The minimum Gasteiger partial charge on any atom is -0.481 e. The monoisotopic (exact) mass is 784 g/mol. The molecule has 3 rings (SSSR count). The number of aliphatic carboxylic acids is 1. The van der Waals surface area contributed by atoms with E-state index in [9.17, 15) is 33.5 Å². The maximum atomic E-state index is 15.0. The summed E-state index contributed by atoms with van der Waals surface area (Å²) in [7, 11) is 0.